The second-order valence-corrected chi connectivity index (χ2v) is 9.65. The lowest BCUT2D eigenvalue weighted by Crippen LogP contribution is -2.51. The Balaban J connectivity index is 1.81. The van der Waals surface area contributed by atoms with Crippen LogP contribution in [0, 0.1) is 12.3 Å². The third-order valence-corrected chi connectivity index (χ3v) is 7.40. The molecule has 1 saturated carbocycles. The van der Waals surface area contributed by atoms with Gasteiger partial charge >= 0.3 is 5.97 Å². The molecule has 0 aromatic heterocycles. The number of hydrogen-bond donors (Lipinski definition) is 1. The van der Waals surface area contributed by atoms with Gasteiger partial charge in [-0.15, -0.1) is 0 Å². The van der Waals surface area contributed by atoms with E-state index in [9.17, 15) is 14.7 Å². The fraction of sp³-hybridized carbons (Fsp3) is 0.571. The maximum absolute atomic E-state index is 13.7. The highest BCUT2D eigenvalue weighted by molar-refractivity contribution is 5.86. The number of amides is 1. The van der Waals surface area contributed by atoms with Crippen LogP contribution in [0.15, 0.2) is 35.9 Å². The summed E-state index contributed by atoms with van der Waals surface area (Å²) in [5.74, 6) is 0.118. The lowest BCUT2D eigenvalue weighted by molar-refractivity contribution is -0.170. The number of carboxylic acids is 1. The van der Waals surface area contributed by atoms with Gasteiger partial charge in [0.2, 0.25) is 5.91 Å². The van der Waals surface area contributed by atoms with Crippen LogP contribution in [0.4, 0.5) is 0 Å². The van der Waals surface area contributed by atoms with E-state index in [0.29, 0.717) is 44.1 Å². The second-order valence-electron chi connectivity index (χ2n) is 9.65. The molecule has 1 aromatic rings. The van der Waals surface area contributed by atoms with Gasteiger partial charge in [0.1, 0.15) is 11.5 Å². The molecule has 8 nitrogen and oxygen atoms in total. The zero-order valence-corrected chi connectivity index (χ0v) is 22.0. The lowest BCUT2D eigenvalue weighted by atomic mass is 9.64. The van der Waals surface area contributed by atoms with E-state index in [2.05, 4.69) is 18.2 Å². The summed E-state index contributed by atoms with van der Waals surface area (Å²) in [6.07, 6.45) is 8.86. The number of nitrogens with zero attached hydrogens (tertiary/aromatic N) is 1. The van der Waals surface area contributed by atoms with Gasteiger partial charge in [0.05, 0.1) is 45.0 Å². The molecule has 1 fully saturated rings. The molecule has 0 radical (unpaired) electrons. The van der Waals surface area contributed by atoms with Crippen molar-refractivity contribution in [2.75, 3.05) is 41.1 Å². The summed E-state index contributed by atoms with van der Waals surface area (Å²) < 4.78 is 22.2. The third kappa shape index (κ3) is 6.28. The summed E-state index contributed by atoms with van der Waals surface area (Å²) in [4.78, 5) is 27.5. The Morgan fingerprint density at radius 3 is 2.50 bits per heavy atom. The van der Waals surface area contributed by atoms with Gasteiger partial charge in [-0.1, -0.05) is 18.2 Å². The molecule has 2 aliphatic carbocycles. The van der Waals surface area contributed by atoms with Crippen LogP contribution in [0.5, 0.6) is 11.5 Å². The molecule has 0 aliphatic heterocycles. The molecule has 2 aliphatic rings. The summed E-state index contributed by atoms with van der Waals surface area (Å²) in [7, 11) is 4.75. The number of carbonyl (C=O) groups excluding carboxylic acids is 1. The fourth-order valence-corrected chi connectivity index (χ4v) is 5.04. The molecule has 8 heteroatoms. The van der Waals surface area contributed by atoms with Gasteiger partial charge in [-0.3, -0.25) is 9.59 Å². The Labute approximate surface area is 213 Å². The van der Waals surface area contributed by atoms with Crippen molar-refractivity contribution >= 4 is 11.9 Å². The van der Waals surface area contributed by atoms with Gasteiger partial charge in [0.25, 0.3) is 0 Å². The molecule has 0 spiro atoms. The van der Waals surface area contributed by atoms with Crippen molar-refractivity contribution in [2.45, 2.75) is 58.1 Å². The lowest BCUT2D eigenvalue weighted by Gasteiger charge is -2.44. The van der Waals surface area contributed by atoms with Crippen LogP contribution in [0.3, 0.4) is 0 Å². The Bertz CT molecular complexity index is 994. The van der Waals surface area contributed by atoms with E-state index in [1.165, 1.54) is 0 Å². The average molecular weight is 502 g/mol. The van der Waals surface area contributed by atoms with Crippen molar-refractivity contribution in [1.82, 2.24) is 4.90 Å². The zero-order valence-electron chi connectivity index (χ0n) is 22.0. The van der Waals surface area contributed by atoms with Gasteiger partial charge in [0, 0.05) is 26.1 Å². The zero-order chi connectivity index (χ0) is 26.3. The number of hydrogen-bond acceptors (Lipinski definition) is 6. The Morgan fingerprint density at radius 2 is 1.92 bits per heavy atom. The van der Waals surface area contributed by atoms with E-state index < -0.39 is 11.4 Å². The highest BCUT2D eigenvalue weighted by Crippen LogP contribution is 2.46. The average Bonchev–Trinajstić information content (AvgIpc) is 2.86. The number of allylic oxidation sites excluding steroid dienone is 2. The highest BCUT2D eigenvalue weighted by Gasteiger charge is 2.52. The first-order valence-electron chi connectivity index (χ1n) is 12.5. The normalized spacial score (nSPS) is 21.8. The summed E-state index contributed by atoms with van der Waals surface area (Å²) >= 11 is 0. The summed E-state index contributed by atoms with van der Waals surface area (Å²) in [5.41, 5.74) is 1.81. The molecule has 1 atom stereocenters. The first-order valence-corrected chi connectivity index (χ1v) is 12.5. The molecular formula is C28H39NO7. The van der Waals surface area contributed by atoms with Crippen LogP contribution in [0.1, 0.15) is 56.2 Å². The molecule has 36 heavy (non-hydrogen) atoms. The molecule has 1 amide bonds. The second kappa shape index (κ2) is 12.4. The van der Waals surface area contributed by atoms with Crippen LogP contribution < -0.4 is 9.47 Å². The highest BCUT2D eigenvalue weighted by atomic mass is 16.5. The summed E-state index contributed by atoms with van der Waals surface area (Å²) in [5, 5.41) is 9.93. The topological polar surface area (TPSA) is 94.5 Å². The van der Waals surface area contributed by atoms with Gasteiger partial charge < -0.3 is 29.0 Å². The van der Waals surface area contributed by atoms with Crippen LogP contribution in [-0.2, 0) is 19.1 Å². The standard InChI is InChI=1S/C28H39NO7/c1-19-24(13-22(33-3)14-25(19)35-5)20(2)29(11-12-36-18-21-9-7-6-8-10-21)26(30)17-28(27(31)32)15-23(16-28)34-4/h7,9-10,13-14,20,23H,6,8,11-12,15-18H2,1-5H3,(H,31,32). The number of ether oxygens (including phenoxy) is 4. The van der Waals surface area contributed by atoms with E-state index in [1.807, 2.05) is 26.0 Å². The van der Waals surface area contributed by atoms with Crippen LogP contribution in [0.25, 0.3) is 0 Å². The van der Waals surface area contributed by atoms with Crippen molar-refractivity contribution in [3.8, 4) is 11.5 Å². The molecule has 0 bridgehead atoms. The number of benzene rings is 1. The molecule has 198 valence electrons. The van der Waals surface area contributed by atoms with E-state index in [0.717, 1.165) is 29.5 Å². The minimum atomic E-state index is -1.10. The first kappa shape index (κ1) is 27.7. The summed E-state index contributed by atoms with van der Waals surface area (Å²) in [6.45, 7) is 5.03. The van der Waals surface area contributed by atoms with Crippen molar-refractivity contribution in [2.24, 2.45) is 5.41 Å². The molecule has 1 aromatic carbocycles. The number of carboxylic acid groups (broad SMARTS) is 1. The smallest absolute Gasteiger partial charge is 0.310 e. The number of aliphatic carboxylic acids is 1. The van der Waals surface area contributed by atoms with Crippen molar-refractivity contribution in [3.63, 3.8) is 0 Å². The Hall–Kier alpha value is -2.84. The quantitative estimate of drug-likeness (QED) is 0.399. The largest absolute Gasteiger partial charge is 0.497 e. The van der Waals surface area contributed by atoms with Gasteiger partial charge in [0.15, 0.2) is 0 Å². The van der Waals surface area contributed by atoms with Gasteiger partial charge in [-0.05, 0) is 62.3 Å². The molecule has 0 heterocycles. The van der Waals surface area contributed by atoms with Crippen molar-refractivity contribution in [1.29, 1.82) is 0 Å². The monoisotopic (exact) mass is 501 g/mol. The maximum Gasteiger partial charge on any atom is 0.310 e. The van der Waals surface area contributed by atoms with Gasteiger partial charge in [-0.25, -0.2) is 0 Å². The number of carbonyl (C=O) groups is 2. The fourth-order valence-electron chi connectivity index (χ4n) is 5.04. The van der Waals surface area contributed by atoms with E-state index in [-0.39, 0.29) is 24.5 Å². The molecule has 0 saturated heterocycles. The van der Waals surface area contributed by atoms with Crippen LogP contribution in [0.2, 0.25) is 0 Å². The maximum atomic E-state index is 13.7. The number of rotatable bonds is 13. The first-order chi connectivity index (χ1) is 17.2. The van der Waals surface area contributed by atoms with Gasteiger partial charge in [-0.2, -0.15) is 0 Å². The molecule has 1 N–H and O–H groups in total. The molecule has 3 rings (SSSR count). The number of methoxy groups -OCH3 is 3. The SMILES string of the molecule is COc1cc(OC)c(C)c(C(C)N(CCOCC2=CCCC=C2)C(=O)CC2(C(=O)O)CC(OC)C2)c1. The van der Waals surface area contributed by atoms with Crippen molar-refractivity contribution in [3.05, 3.63) is 47.1 Å². The summed E-state index contributed by atoms with van der Waals surface area (Å²) in [6, 6.07) is 3.37. The van der Waals surface area contributed by atoms with Crippen LogP contribution in [-0.4, -0.2) is 69.1 Å². The minimum absolute atomic E-state index is 0.0828. The minimum Gasteiger partial charge on any atom is -0.497 e. The predicted molar refractivity (Wildman–Crippen MR) is 136 cm³/mol. The van der Waals surface area contributed by atoms with E-state index in [4.69, 9.17) is 18.9 Å². The molecule has 1 unspecified atom stereocenters. The van der Waals surface area contributed by atoms with E-state index in [1.54, 1.807) is 26.2 Å². The Morgan fingerprint density at radius 1 is 1.17 bits per heavy atom. The van der Waals surface area contributed by atoms with E-state index >= 15 is 0 Å². The third-order valence-electron chi connectivity index (χ3n) is 7.40. The predicted octanol–water partition coefficient (Wildman–Crippen LogP) is 4.46. The Kier molecular flexibility index (Phi) is 9.56. The van der Waals surface area contributed by atoms with Crippen molar-refractivity contribution < 1.29 is 33.6 Å². The molecular weight excluding hydrogens is 462 g/mol. The van der Waals surface area contributed by atoms with Crippen LogP contribution >= 0.6 is 0 Å².